The number of rotatable bonds is 4. The molecule has 1 saturated heterocycles. The van der Waals surface area contributed by atoms with Gasteiger partial charge in [0.05, 0.1) is 24.3 Å². The fraction of sp³-hybridized carbons (Fsp3) is 0.750. The second-order valence-corrected chi connectivity index (χ2v) is 8.69. The van der Waals surface area contributed by atoms with Crippen LogP contribution < -0.4 is 5.32 Å². The van der Waals surface area contributed by atoms with Crippen LogP contribution in [0.5, 0.6) is 0 Å². The first kappa shape index (κ1) is 16.5. The van der Waals surface area contributed by atoms with Gasteiger partial charge in [-0.05, 0) is 44.9 Å². The molecule has 1 spiro atoms. The fourth-order valence-electron chi connectivity index (χ4n) is 4.55. The number of amides is 1. The number of nitrogens with one attached hydrogen (secondary N) is 1. The summed E-state index contributed by atoms with van der Waals surface area (Å²) in [7, 11) is 0. The third kappa shape index (κ3) is 2.79. The van der Waals surface area contributed by atoms with Crippen LogP contribution in [0.1, 0.15) is 55.5 Å². The molecule has 1 atom stereocenters. The summed E-state index contributed by atoms with van der Waals surface area (Å²) in [6.07, 6.45) is 6.89. The molecule has 140 valence electrons. The number of aromatic nitrogens is 2. The van der Waals surface area contributed by atoms with Gasteiger partial charge in [-0.3, -0.25) is 4.79 Å². The van der Waals surface area contributed by atoms with Crippen LogP contribution in [0.3, 0.4) is 0 Å². The predicted octanol–water partition coefficient (Wildman–Crippen LogP) is 2.41. The maximum atomic E-state index is 12.7. The Kier molecular flexibility index (Phi) is 3.92. The molecule has 1 aromatic rings. The number of carbonyl (C=O) groups excluding carboxylic acids is 1. The molecule has 2 aliphatic heterocycles. The fourth-order valence-corrected chi connectivity index (χ4v) is 4.55. The Balaban J connectivity index is 1.41. The van der Waals surface area contributed by atoms with Crippen molar-refractivity contribution in [3.8, 4) is 0 Å². The smallest absolute Gasteiger partial charge is 0.225 e. The first-order chi connectivity index (χ1) is 12.6. The number of hydrogen-bond acceptors (Lipinski definition) is 5. The van der Waals surface area contributed by atoms with Crippen molar-refractivity contribution < 1.29 is 9.53 Å². The van der Waals surface area contributed by atoms with Gasteiger partial charge in [-0.25, -0.2) is 9.97 Å². The van der Waals surface area contributed by atoms with Gasteiger partial charge in [0.1, 0.15) is 0 Å². The number of nitrogens with zero attached hydrogens (tertiary/aromatic N) is 3. The highest BCUT2D eigenvalue weighted by Crippen LogP contribution is 2.41. The minimum atomic E-state index is -0.156. The molecule has 3 fully saturated rings. The zero-order chi connectivity index (χ0) is 17.7. The Morgan fingerprint density at radius 2 is 2.15 bits per heavy atom. The molecule has 0 unspecified atom stereocenters. The molecule has 6 heteroatoms. The molecule has 2 aliphatic carbocycles. The van der Waals surface area contributed by atoms with Crippen LogP contribution in [0.4, 0.5) is 5.95 Å². The lowest BCUT2D eigenvalue weighted by molar-refractivity contribution is -0.137. The van der Waals surface area contributed by atoms with Gasteiger partial charge in [0.25, 0.3) is 0 Å². The maximum absolute atomic E-state index is 12.7. The monoisotopic (exact) mass is 356 g/mol. The van der Waals surface area contributed by atoms with Gasteiger partial charge in [0.15, 0.2) is 0 Å². The Hall–Kier alpha value is -1.69. The van der Waals surface area contributed by atoms with Gasteiger partial charge in [-0.2, -0.15) is 0 Å². The standard InChI is InChI=1S/C20H28N4O2/c1-13-16-10-26-12-20(7-8-24(11-20)18(25)15-3-2-4-15)17(16)23-19(22-13)21-9-14-5-6-14/h14-15H,2-12H2,1H3,(H,21,22,23)/t20-/m1/s1. The highest BCUT2D eigenvalue weighted by molar-refractivity contribution is 5.80. The molecule has 6 nitrogen and oxygen atoms in total. The van der Waals surface area contributed by atoms with Crippen LogP contribution in [-0.2, 0) is 21.6 Å². The van der Waals surface area contributed by atoms with E-state index >= 15 is 0 Å². The van der Waals surface area contributed by atoms with Crippen LogP contribution >= 0.6 is 0 Å². The van der Waals surface area contributed by atoms with E-state index in [9.17, 15) is 4.79 Å². The summed E-state index contributed by atoms with van der Waals surface area (Å²) < 4.78 is 5.95. The van der Waals surface area contributed by atoms with Crippen LogP contribution in [0.25, 0.3) is 0 Å². The summed E-state index contributed by atoms with van der Waals surface area (Å²) in [6, 6.07) is 0. The largest absolute Gasteiger partial charge is 0.376 e. The minimum Gasteiger partial charge on any atom is -0.376 e. The molecule has 3 heterocycles. The Morgan fingerprint density at radius 3 is 2.88 bits per heavy atom. The molecule has 0 bridgehead atoms. The summed E-state index contributed by atoms with van der Waals surface area (Å²) in [4.78, 5) is 24.4. The topological polar surface area (TPSA) is 67.4 Å². The van der Waals surface area contributed by atoms with Crippen molar-refractivity contribution >= 4 is 11.9 Å². The first-order valence-corrected chi connectivity index (χ1v) is 10.1. The van der Waals surface area contributed by atoms with E-state index < -0.39 is 0 Å². The SMILES string of the molecule is Cc1nc(NCC2CC2)nc2c1COC[C@]21CCN(C(=O)C2CCC2)C1. The van der Waals surface area contributed by atoms with E-state index in [0.717, 1.165) is 67.7 Å². The number of anilines is 1. The zero-order valence-corrected chi connectivity index (χ0v) is 15.6. The summed E-state index contributed by atoms with van der Waals surface area (Å²) in [5, 5.41) is 3.43. The van der Waals surface area contributed by atoms with E-state index in [1.165, 1.54) is 19.3 Å². The molecular formula is C20H28N4O2. The normalized spacial score (nSPS) is 28.1. The van der Waals surface area contributed by atoms with E-state index in [0.29, 0.717) is 19.1 Å². The summed E-state index contributed by atoms with van der Waals surface area (Å²) in [5.41, 5.74) is 3.11. The third-order valence-electron chi connectivity index (χ3n) is 6.71. The number of likely N-dealkylation sites (tertiary alicyclic amines) is 1. The van der Waals surface area contributed by atoms with Crippen molar-refractivity contribution in [3.63, 3.8) is 0 Å². The van der Waals surface area contributed by atoms with Gasteiger partial charge < -0.3 is 15.0 Å². The van der Waals surface area contributed by atoms with Crippen molar-refractivity contribution in [3.05, 3.63) is 17.0 Å². The first-order valence-electron chi connectivity index (χ1n) is 10.1. The molecule has 2 saturated carbocycles. The Bertz CT molecular complexity index is 729. The number of ether oxygens (including phenoxy) is 1. The summed E-state index contributed by atoms with van der Waals surface area (Å²) in [5.74, 6) is 2.14. The van der Waals surface area contributed by atoms with E-state index in [2.05, 4.69) is 22.1 Å². The molecular weight excluding hydrogens is 328 g/mol. The summed E-state index contributed by atoms with van der Waals surface area (Å²) in [6.45, 7) is 5.83. The van der Waals surface area contributed by atoms with Gasteiger partial charge in [-0.1, -0.05) is 6.42 Å². The third-order valence-corrected chi connectivity index (χ3v) is 6.71. The number of fused-ring (bicyclic) bond motifs is 2. The van der Waals surface area contributed by atoms with E-state index in [1.807, 2.05) is 0 Å². The quantitative estimate of drug-likeness (QED) is 0.897. The molecule has 1 aromatic heterocycles. The van der Waals surface area contributed by atoms with Crippen LogP contribution in [-0.4, -0.2) is 47.0 Å². The molecule has 0 radical (unpaired) electrons. The molecule has 1 N–H and O–H groups in total. The minimum absolute atomic E-state index is 0.156. The molecule has 4 aliphatic rings. The van der Waals surface area contributed by atoms with Gasteiger partial charge >= 0.3 is 0 Å². The van der Waals surface area contributed by atoms with Crippen molar-refractivity contribution in [1.82, 2.24) is 14.9 Å². The molecule has 26 heavy (non-hydrogen) atoms. The van der Waals surface area contributed by atoms with E-state index in [4.69, 9.17) is 9.72 Å². The molecule has 5 rings (SSSR count). The maximum Gasteiger partial charge on any atom is 0.225 e. The Morgan fingerprint density at radius 1 is 1.31 bits per heavy atom. The zero-order valence-electron chi connectivity index (χ0n) is 15.6. The van der Waals surface area contributed by atoms with Crippen molar-refractivity contribution in [2.75, 3.05) is 31.6 Å². The number of aryl methyl sites for hydroxylation is 1. The van der Waals surface area contributed by atoms with Gasteiger partial charge in [0.2, 0.25) is 11.9 Å². The lowest BCUT2D eigenvalue weighted by Gasteiger charge is -2.36. The van der Waals surface area contributed by atoms with E-state index in [-0.39, 0.29) is 11.3 Å². The van der Waals surface area contributed by atoms with Crippen molar-refractivity contribution in [2.24, 2.45) is 11.8 Å². The van der Waals surface area contributed by atoms with Crippen molar-refractivity contribution in [2.45, 2.75) is 57.5 Å². The average Bonchev–Trinajstić information content (AvgIpc) is 3.32. The predicted molar refractivity (Wildman–Crippen MR) is 97.9 cm³/mol. The van der Waals surface area contributed by atoms with E-state index in [1.54, 1.807) is 0 Å². The van der Waals surface area contributed by atoms with Crippen LogP contribution in [0.15, 0.2) is 0 Å². The highest BCUT2D eigenvalue weighted by Gasteiger charge is 2.47. The Labute approximate surface area is 154 Å². The highest BCUT2D eigenvalue weighted by atomic mass is 16.5. The van der Waals surface area contributed by atoms with Crippen molar-refractivity contribution in [1.29, 1.82) is 0 Å². The molecule has 1 amide bonds. The van der Waals surface area contributed by atoms with Crippen LogP contribution in [0.2, 0.25) is 0 Å². The second-order valence-electron chi connectivity index (χ2n) is 8.69. The van der Waals surface area contributed by atoms with Gasteiger partial charge in [-0.15, -0.1) is 0 Å². The van der Waals surface area contributed by atoms with Gasteiger partial charge in [0, 0.05) is 36.8 Å². The lowest BCUT2D eigenvalue weighted by atomic mass is 9.80. The van der Waals surface area contributed by atoms with Crippen LogP contribution in [0, 0.1) is 18.8 Å². The average molecular weight is 356 g/mol. The second kappa shape index (κ2) is 6.19. The lowest BCUT2D eigenvalue weighted by Crippen LogP contribution is -2.44. The number of hydrogen-bond donors (Lipinski definition) is 1. The number of carbonyl (C=O) groups is 1. The molecule has 0 aromatic carbocycles. The summed E-state index contributed by atoms with van der Waals surface area (Å²) >= 11 is 0.